The van der Waals surface area contributed by atoms with Gasteiger partial charge in [-0.1, -0.05) is 6.07 Å². The van der Waals surface area contributed by atoms with Gasteiger partial charge in [-0.25, -0.2) is 4.79 Å². The van der Waals surface area contributed by atoms with Crippen molar-refractivity contribution in [2.75, 3.05) is 0 Å². The van der Waals surface area contributed by atoms with Crippen LogP contribution in [-0.4, -0.2) is 23.4 Å². The van der Waals surface area contributed by atoms with Crippen molar-refractivity contribution in [3.63, 3.8) is 0 Å². The lowest BCUT2D eigenvalue weighted by atomic mass is 10.1. The van der Waals surface area contributed by atoms with Gasteiger partial charge < -0.3 is 9.84 Å². The van der Waals surface area contributed by atoms with Crippen molar-refractivity contribution in [3.05, 3.63) is 59.2 Å². The number of ether oxygens (including phenoxy) is 1. The molecular weight excluding hydrogens is 278 g/mol. The number of rotatable bonds is 5. The maximum Gasteiger partial charge on any atom is 0.344 e. The van der Waals surface area contributed by atoms with Crippen LogP contribution in [0, 0.1) is 13.8 Å². The molecule has 0 amide bonds. The quantitative estimate of drug-likeness (QED) is 0.851. The van der Waals surface area contributed by atoms with Gasteiger partial charge in [0, 0.05) is 6.21 Å². The fraction of sp³-hybridized carbons (Fsp3) is 0.222. The second-order valence-electron chi connectivity index (χ2n) is 5.19. The highest BCUT2D eigenvalue weighted by Crippen LogP contribution is 2.18. The number of aryl methyl sites for hydroxylation is 2. The van der Waals surface area contributed by atoms with Crippen LogP contribution in [0.25, 0.3) is 0 Å². The summed E-state index contributed by atoms with van der Waals surface area (Å²) in [6.07, 6.45) is 0.907. The maximum absolute atomic E-state index is 10.7. The van der Waals surface area contributed by atoms with Gasteiger partial charge in [0.1, 0.15) is 5.75 Å². The molecule has 0 bridgehead atoms. The molecule has 0 aliphatic carbocycles. The first-order valence-electron chi connectivity index (χ1n) is 7.06. The number of carboxylic acids is 1. The van der Waals surface area contributed by atoms with Crippen LogP contribution >= 0.6 is 0 Å². The van der Waals surface area contributed by atoms with E-state index in [1.165, 1.54) is 18.1 Å². The summed E-state index contributed by atoms with van der Waals surface area (Å²) in [4.78, 5) is 15.2. The van der Waals surface area contributed by atoms with E-state index >= 15 is 0 Å². The fourth-order valence-corrected chi connectivity index (χ4v) is 1.84. The number of aliphatic carboxylic acids is 1. The third-order valence-corrected chi connectivity index (χ3v) is 3.39. The van der Waals surface area contributed by atoms with Crippen LogP contribution < -0.4 is 4.74 Å². The Hall–Kier alpha value is -2.62. The van der Waals surface area contributed by atoms with Gasteiger partial charge in [0.05, 0.1) is 5.69 Å². The monoisotopic (exact) mass is 297 g/mol. The van der Waals surface area contributed by atoms with E-state index < -0.39 is 12.1 Å². The maximum atomic E-state index is 10.7. The molecule has 0 fully saturated rings. The number of benzene rings is 2. The van der Waals surface area contributed by atoms with Gasteiger partial charge in [0.15, 0.2) is 6.10 Å². The average molecular weight is 297 g/mol. The number of carbonyl (C=O) groups is 1. The highest BCUT2D eigenvalue weighted by atomic mass is 16.5. The van der Waals surface area contributed by atoms with Crippen molar-refractivity contribution in [1.82, 2.24) is 0 Å². The zero-order valence-corrected chi connectivity index (χ0v) is 12.9. The van der Waals surface area contributed by atoms with Crippen molar-refractivity contribution >= 4 is 17.9 Å². The molecule has 0 unspecified atom stereocenters. The first kappa shape index (κ1) is 15.8. The second-order valence-corrected chi connectivity index (χ2v) is 5.19. The summed E-state index contributed by atoms with van der Waals surface area (Å²) in [6, 6.07) is 13.2. The van der Waals surface area contributed by atoms with Crippen LogP contribution in [-0.2, 0) is 4.79 Å². The van der Waals surface area contributed by atoms with Gasteiger partial charge in [-0.3, -0.25) is 4.99 Å². The number of hydrogen-bond acceptors (Lipinski definition) is 3. The molecule has 0 aliphatic rings. The van der Waals surface area contributed by atoms with Crippen LogP contribution in [0.1, 0.15) is 23.6 Å². The van der Waals surface area contributed by atoms with E-state index in [0.717, 1.165) is 11.3 Å². The lowest BCUT2D eigenvalue weighted by molar-refractivity contribution is -0.144. The molecule has 2 aromatic carbocycles. The Bertz CT molecular complexity index is 690. The van der Waals surface area contributed by atoms with Crippen molar-refractivity contribution in [2.45, 2.75) is 26.9 Å². The van der Waals surface area contributed by atoms with Gasteiger partial charge >= 0.3 is 5.97 Å². The minimum atomic E-state index is -0.986. The molecule has 0 saturated carbocycles. The molecule has 0 heterocycles. The molecule has 114 valence electrons. The summed E-state index contributed by atoms with van der Waals surface area (Å²) in [7, 11) is 0. The number of hydrogen-bond donors (Lipinski definition) is 1. The summed E-state index contributed by atoms with van der Waals surface area (Å²) < 4.78 is 5.28. The third-order valence-electron chi connectivity index (χ3n) is 3.39. The zero-order valence-electron chi connectivity index (χ0n) is 12.9. The molecule has 4 heteroatoms. The fourth-order valence-electron chi connectivity index (χ4n) is 1.84. The van der Waals surface area contributed by atoms with Crippen molar-refractivity contribution in [3.8, 4) is 5.75 Å². The molecular formula is C18H19NO3. The average Bonchev–Trinajstić information content (AvgIpc) is 2.49. The second kappa shape index (κ2) is 6.89. The number of nitrogens with zero attached hydrogens (tertiary/aromatic N) is 1. The molecule has 0 radical (unpaired) electrons. The Morgan fingerprint density at radius 3 is 2.41 bits per heavy atom. The summed E-state index contributed by atoms with van der Waals surface area (Å²) in [5, 5.41) is 8.80. The molecule has 1 atom stereocenters. The normalized spacial score (nSPS) is 12.3. The van der Waals surface area contributed by atoms with E-state index in [-0.39, 0.29) is 0 Å². The largest absolute Gasteiger partial charge is 0.479 e. The predicted molar refractivity (Wildman–Crippen MR) is 87.3 cm³/mol. The number of aliphatic imine (C=N–C) groups is 1. The van der Waals surface area contributed by atoms with Gasteiger partial charge in [0.25, 0.3) is 0 Å². The molecule has 4 nitrogen and oxygen atoms in total. The molecule has 0 aromatic heterocycles. The standard InChI is InChI=1S/C18H19NO3/c1-12-4-7-16(10-13(12)2)19-11-15-5-8-17(9-6-15)22-14(3)18(20)21/h4-11,14H,1-3H3,(H,20,21)/t14-/m0/s1. The first-order chi connectivity index (χ1) is 10.5. The van der Waals surface area contributed by atoms with Crippen LogP contribution in [0.15, 0.2) is 47.5 Å². The smallest absolute Gasteiger partial charge is 0.344 e. The van der Waals surface area contributed by atoms with Crippen LogP contribution in [0.3, 0.4) is 0 Å². The van der Waals surface area contributed by atoms with Gasteiger partial charge in [0.2, 0.25) is 0 Å². The third kappa shape index (κ3) is 4.19. The SMILES string of the molecule is Cc1ccc(N=Cc2ccc(O[C@@H](C)C(=O)O)cc2)cc1C. The van der Waals surface area contributed by atoms with Gasteiger partial charge in [-0.05, 0) is 73.9 Å². The summed E-state index contributed by atoms with van der Waals surface area (Å²) >= 11 is 0. The minimum absolute atomic E-state index is 0.526. The van der Waals surface area contributed by atoms with Gasteiger partial charge in [-0.2, -0.15) is 0 Å². The van der Waals surface area contributed by atoms with E-state index in [0.29, 0.717) is 5.75 Å². The highest BCUT2D eigenvalue weighted by molar-refractivity contribution is 5.82. The molecule has 0 spiro atoms. The van der Waals surface area contributed by atoms with Crippen LogP contribution in [0.5, 0.6) is 5.75 Å². The van der Waals surface area contributed by atoms with E-state index in [2.05, 4.69) is 18.8 Å². The molecule has 22 heavy (non-hydrogen) atoms. The Labute approximate surface area is 130 Å². The summed E-state index contributed by atoms with van der Waals surface area (Å²) in [5.41, 5.74) is 4.28. The lowest BCUT2D eigenvalue weighted by Gasteiger charge is -2.09. The topological polar surface area (TPSA) is 58.9 Å². The van der Waals surface area contributed by atoms with Gasteiger partial charge in [-0.15, -0.1) is 0 Å². The minimum Gasteiger partial charge on any atom is -0.479 e. The Morgan fingerprint density at radius 2 is 1.82 bits per heavy atom. The summed E-state index contributed by atoms with van der Waals surface area (Å²) in [5.74, 6) is -0.460. The Kier molecular flexibility index (Phi) is 4.94. The zero-order chi connectivity index (χ0) is 16.1. The van der Waals surface area contributed by atoms with Crippen molar-refractivity contribution in [1.29, 1.82) is 0 Å². The lowest BCUT2D eigenvalue weighted by Crippen LogP contribution is -2.22. The molecule has 0 saturated heterocycles. The molecule has 0 aliphatic heterocycles. The van der Waals surface area contributed by atoms with Crippen LogP contribution in [0.2, 0.25) is 0 Å². The number of carboxylic acid groups (broad SMARTS) is 1. The Balaban J connectivity index is 2.05. The molecule has 2 aromatic rings. The predicted octanol–water partition coefficient (Wildman–Crippen LogP) is 3.91. The summed E-state index contributed by atoms with van der Waals surface area (Å²) in [6.45, 7) is 5.63. The van der Waals surface area contributed by atoms with E-state index in [4.69, 9.17) is 9.84 Å². The van der Waals surface area contributed by atoms with E-state index in [9.17, 15) is 4.79 Å². The van der Waals surface area contributed by atoms with Crippen molar-refractivity contribution in [2.24, 2.45) is 4.99 Å². The van der Waals surface area contributed by atoms with Crippen molar-refractivity contribution < 1.29 is 14.6 Å². The molecule has 1 N–H and O–H groups in total. The highest BCUT2D eigenvalue weighted by Gasteiger charge is 2.11. The molecule has 2 rings (SSSR count). The van der Waals surface area contributed by atoms with E-state index in [1.807, 2.05) is 30.3 Å². The first-order valence-corrected chi connectivity index (χ1v) is 7.06. The Morgan fingerprint density at radius 1 is 1.14 bits per heavy atom. The van der Waals surface area contributed by atoms with E-state index in [1.54, 1.807) is 18.3 Å². The van der Waals surface area contributed by atoms with Crippen LogP contribution in [0.4, 0.5) is 5.69 Å².